The molecular formula is C17H28N2OS. The van der Waals surface area contributed by atoms with Crippen molar-refractivity contribution in [1.29, 1.82) is 0 Å². The molecule has 1 N–H and O–H groups in total. The van der Waals surface area contributed by atoms with Crippen molar-refractivity contribution in [3.05, 3.63) is 15.6 Å². The van der Waals surface area contributed by atoms with Crippen LogP contribution in [0.3, 0.4) is 0 Å². The number of fused-ring (bicyclic) bond motifs is 1. The second-order valence-electron chi connectivity index (χ2n) is 6.46. The molecule has 4 heteroatoms. The highest BCUT2D eigenvalue weighted by atomic mass is 32.1. The summed E-state index contributed by atoms with van der Waals surface area (Å²) in [5.41, 5.74) is 1.45. The van der Waals surface area contributed by atoms with E-state index in [2.05, 4.69) is 19.2 Å². The lowest BCUT2D eigenvalue weighted by Gasteiger charge is -2.40. The van der Waals surface area contributed by atoms with Crippen LogP contribution >= 0.6 is 11.3 Å². The molecule has 118 valence electrons. The Labute approximate surface area is 132 Å². The topological polar surface area (TPSA) is 34.2 Å². The van der Waals surface area contributed by atoms with Gasteiger partial charge in [0.1, 0.15) is 5.01 Å². The largest absolute Gasteiger partial charge is 0.378 e. The Kier molecular flexibility index (Phi) is 4.97. The molecule has 1 fully saturated rings. The summed E-state index contributed by atoms with van der Waals surface area (Å²) in [4.78, 5) is 6.62. The molecule has 2 aliphatic rings. The summed E-state index contributed by atoms with van der Waals surface area (Å²) in [6.45, 7) is 6.40. The molecule has 21 heavy (non-hydrogen) atoms. The number of nitrogens with one attached hydrogen (secondary N) is 1. The Morgan fingerprint density at radius 3 is 2.95 bits per heavy atom. The van der Waals surface area contributed by atoms with Crippen molar-refractivity contribution >= 4 is 11.3 Å². The number of ether oxygens (including phenoxy) is 1. The predicted octanol–water partition coefficient (Wildman–Crippen LogP) is 3.81. The van der Waals surface area contributed by atoms with Gasteiger partial charge in [-0.1, -0.05) is 13.8 Å². The lowest BCUT2D eigenvalue weighted by molar-refractivity contribution is -0.0323. The van der Waals surface area contributed by atoms with Crippen molar-refractivity contribution in [3.63, 3.8) is 0 Å². The highest BCUT2D eigenvalue weighted by Gasteiger charge is 2.40. The smallest absolute Gasteiger partial charge is 0.113 e. The van der Waals surface area contributed by atoms with Gasteiger partial charge in [-0.3, -0.25) is 0 Å². The molecule has 0 spiro atoms. The monoisotopic (exact) mass is 308 g/mol. The van der Waals surface area contributed by atoms with Crippen LogP contribution in [0.2, 0.25) is 0 Å². The highest BCUT2D eigenvalue weighted by molar-refractivity contribution is 7.11. The van der Waals surface area contributed by atoms with Gasteiger partial charge >= 0.3 is 0 Å². The maximum Gasteiger partial charge on any atom is 0.113 e. The lowest BCUT2D eigenvalue weighted by Crippen LogP contribution is -2.49. The van der Waals surface area contributed by atoms with E-state index >= 15 is 0 Å². The van der Waals surface area contributed by atoms with Gasteiger partial charge < -0.3 is 10.1 Å². The molecule has 0 bridgehead atoms. The molecule has 1 saturated heterocycles. The van der Waals surface area contributed by atoms with Crippen molar-refractivity contribution < 1.29 is 4.74 Å². The Morgan fingerprint density at radius 1 is 1.33 bits per heavy atom. The summed E-state index contributed by atoms with van der Waals surface area (Å²) < 4.78 is 5.92. The molecule has 2 atom stereocenters. The van der Waals surface area contributed by atoms with Crippen molar-refractivity contribution in [2.45, 2.75) is 76.9 Å². The van der Waals surface area contributed by atoms with Crippen molar-refractivity contribution in [2.75, 3.05) is 13.2 Å². The van der Waals surface area contributed by atoms with Gasteiger partial charge in [0.05, 0.1) is 17.3 Å². The van der Waals surface area contributed by atoms with Gasteiger partial charge in [0.15, 0.2) is 0 Å². The van der Waals surface area contributed by atoms with E-state index in [-0.39, 0.29) is 5.54 Å². The van der Waals surface area contributed by atoms with Crippen molar-refractivity contribution in [3.8, 4) is 0 Å². The molecule has 1 aliphatic heterocycles. The van der Waals surface area contributed by atoms with Gasteiger partial charge in [-0.25, -0.2) is 4.98 Å². The van der Waals surface area contributed by atoms with E-state index in [1.54, 1.807) is 4.88 Å². The molecule has 2 unspecified atom stereocenters. The zero-order valence-electron chi connectivity index (χ0n) is 13.4. The summed E-state index contributed by atoms with van der Waals surface area (Å²) in [5.74, 6) is 0. The third-order valence-corrected chi connectivity index (χ3v) is 6.24. The maximum atomic E-state index is 5.92. The van der Waals surface area contributed by atoms with E-state index in [9.17, 15) is 0 Å². The SMILES string of the molecule is CCCNC1(c2nc3c(s2)CCCC3)CCOC(CC)C1. The van der Waals surface area contributed by atoms with Gasteiger partial charge in [0.2, 0.25) is 0 Å². The molecule has 0 radical (unpaired) electrons. The van der Waals surface area contributed by atoms with Crippen LogP contribution in [0.4, 0.5) is 0 Å². The first-order valence-electron chi connectivity index (χ1n) is 8.63. The van der Waals surface area contributed by atoms with Gasteiger partial charge in [-0.2, -0.15) is 0 Å². The molecular weight excluding hydrogens is 280 g/mol. The minimum absolute atomic E-state index is 0.0664. The lowest BCUT2D eigenvalue weighted by atomic mass is 9.86. The number of rotatable bonds is 5. The van der Waals surface area contributed by atoms with Crippen molar-refractivity contribution in [1.82, 2.24) is 10.3 Å². The fourth-order valence-electron chi connectivity index (χ4n) is 3.56. The third kappa shape index (κ3) is 3.17. The molecule has 1 aromatic rings. The first-order valence-corrected chi connectivity index (χ1v) is 9.44. The fraction of sp³-hybridized carbons (Fsp3) is 0.824. The number of thiazole rings is 1. The Hall–Kier alpha value is -0.450. The first-order chi connectivity index (χ1) is 10.3. The molecule has 1 aliphatic carbocycles. The van der Waals surface area contributed by atoms with Crippen LogP contribution < -0.4 is 5.32 Å². The van der Waals surface area contributed by atoms with Crippen LogP contribution in [0.15, 0.2) is 0 Å². The van der Waals surface area contributed by atoms with E-state index in [1.165, 1.54) is 42.8 Å². The van der Waals surface area contributed by atoms with Gasteiger partial charge in [0.25, 0.3) is 0 Å². The van der Waals surface area contributed by atoms with Crippen LogP contribution in [0.25, 0.3) is 0 Å². The fourth-order valence-corrected chi connectivity index (χ4v) is 4.92. The first kappa shape index (κ1) is 15.4. The average molecular weight is 308 g/mol. The van der Waals surface area contributed by atoms with E-state index in [1.807, 2.05) is 11.3 Å². The standard InChI is InChI=1S/C17H28N2OS/c1-3-10-18-17(9-11-20-13(4-2)12-17)16-19-14-7-5-6-8-15(14)21-16/h13,18H,3-12H2,1-2H3. The molecule has 1 aromatic heterocycles. The molecule has 0 amide bonds. The summed E-state index contributed by atoms with van der Waals surface area (Å²) in [6.07, 6.45) is 9.87. The second-order valence-corrected chi connectivity index (χ2v) is 7.54. The van der Waals surface area contributed by atoms with Gasteiger partial charge in [0, 0.05) is 11.5 Å². The molecule has 0 saturated carbocycles. The third-order valence-electron chi connectivity index (χ3n) is 4.88. The zero-order valence-corrected chi connectivity index (χ0v) is 14.2. The Morgan fingerprint density at radius 2 is 2.19 bits per heavy atom. The quantitative estimate of drug-likeness (QED) is 0.898. The number of hydrogen-bond acceptors (Lipinski definition) is 4. The molecule has 0 aromatic carbocycles. The maximum absolute atomic E-state index is 5.92. The Balaban J connectivity index is 1.88. The Bertz CT molecular complexity index is 450. The molecule has 3 nitrogen and oxygen atoms in total. The predicted molar refractivity (Wildman–Crippen MR) is 88.0 cm³/mol. The normalized spacial score (nSPS) is 29.3. The number of aromatic nitrogens is 1. The number of aryl methyl sites for hydroxylation is 2. The highest BCUT2D eigenvalue weighted by Crippen LogP contribution is 2.40. The minimum atomic E-state index is 0.0664. The van der Waals surface area contributed by atoms with Gasteiger partial charge in [-0.05, 0) is 57.9 Å². The van der Waals surface area contributed by atoms with Crippen LogP contribution in [0, 0.1) is 0 Å². The summed E-state index contributed by atoms with van der Waals surface area (Å²) in [5, 5.41) is 5.18. The van der Waals surface area contributed by atoms with E-state index < -0.39 is 0 Å². The van der Waals surface area contributed by atoms with Crippen LogP contribution in [-0.2, 0) is 23.1 Å². The number of hydrogen-bond donors (Lipinski definition) is 1. The van der Waals surface area contributed by atoms with Crippen LogP contribution in [-0.4, -0.2) is 24.2 Å². The van der Waals surface area contributed by atoms with Gasteiger partial charge in [-0.15, -0.1) is 11.3 Å². The second kappa shape index (κ2) is 6.76. The van der Waals surface area contributed by atoms with Crippen molar-refractivity contribution in [2.24, 2.45) is 0 Å². The van der Waals surface area contributed by atoms with E-state index in [4.69, 9.17) is 9.72 Å². The van der Waals surface area contributed by atoms with Crippen LogP contribution in [0.5, 0.6) is 0 Å². The number of nitrogens with zero attached hydrogens (tertiary/aromatic N) is 1. The van der Waals surface area contributed by atoms with E-state index in [0.717, 1.165) is 32.4 Å². The summed E-state index contributed by atoms with van der Waals surface area (Å²) in [6, 6.07) is 0. The average Bonchev–Trinajstić information content (AvgIpc) is 2.98. The molecule has 3 rings (SSSR count). The van der Waals surface area contributed by atoms with E-state index in [0.29, 0.717) is 6.10 Å². The molecule has 2 heterocycles. The van der Waals surface area contributed by atoms with Crippen LogP contribution in [0.1, 0.15) is 68.0 Å². The minimum Gasteiger partial charge on any atom is -0.378 e. The summed E-state index contributed by atoms with van der Waals surface area (Å²) in [7, 11) is 0. The summed E-state index contributed by atoms with van der Waals surface area (Å²) >= 11 is 1.97. The zero-order chi connectivity index (χ0) is 14.7.